The quantitative estimate of drug-likeness (QED) is 0.552. The number of ether oxygens (including phenoxy) is 1. The number of anilines is 1. The third kappa shape index (κ3) is 4.70. The molecule has 1 fully saturated rings. The molecule has 0 spiro atoms. The Bertz CT molecular complexity index is 1050. The van der Waals surface area contributed by atoms with Gasteiger partial charge in [-0.25, -0.2) is 9.78 Å². The first kappa shape index (κ1) is 24.3. The number of nitrogens with one attached hydrogen (secondary N) is 2. The number of nitrogens with zero attached hydrogens (tertiary/aromatic N) is 3. The van der Waals surface area contributed by atoms with E-state index in [9.17, 15) is 19.5 Å². The van der Waals surface area contributed by atoms with E-state index in [0.717, 1.165) is 11.3 Å². The van der Waals surface area contributed by atoms with Crippen LogP contribution in [0.1, 0.15) is 42.8 Å². The average Bonchev–Trinajstić information content (AvgIpc) is 3.31. The fraction of sp³-hybridized carbons (Fsp3) is 0.474. The van der Waals surface area contributed by atoms with E-state index in [2.05, 4.69) is 15.3 Å². The second-order valence-corrected chi connectivity index (χ2v) is 9.25. The highest BCUT2D eigenvalue weighted by molar-refractivity contribution is 7.17. The van der Waals surface area contributed by atoms with Gasteiger partial charge < -0.3 is 29.9 Å². The number of aromatic nitrogens is 2. The van der Waals surface area contributed by atoms with Crippen molar-refractivity contribution in [3.8, 4) is 0 Å². The Kier molecular flexibility index (Phi) is 7.33. The number of aryl methyl sites for hydroxylation is 1. The van der Waals surface area contributed by atoms with Crippen molar-refractivity contribution in [1.29, 1.82) is 0 Å². The first-order valence-electron chi connectivity index (χ1n) is 9.63. The largest absolute Gasteiger partial charge is 0.477 e. The van der Waals surface area contributed by atoms with Gasteiger partial charge in [0.15, 0.2) is 10.8 Å². The predicted molar refractivity (Wildman–Crippen MR) is 122 cm³/mol. The molecule has 0 aliphatic carbocycles. The van der Waals surface area contributed by atoms with Gasteiger partial charge >= 0.3 is 5.97 Å². The number of aromatic amines is 1. The highest BCUT2D eigenvalue weighted by Gasteiger charge is 2.34. The third-order valence-corrected chi connectivity index (χ3v) is 7.20. The second-order valence-electron chi connectivity index (χ2n) is 7.52. The summed E-state index contributed by atoms with van der Waals surface area (Å²) < 4.78 is 5.58. The van der Waals surface area contributed by atoms with Gasteiger partial charge in [-0.1, -0.05) is 34.5 Å². The predicted octanol–water partition coefficient (Wildman–Crippen LogP) is 2.51. The van der Waals surface area contributed by atoms with Gasteiger partial charge in [-0.3, -0.25) is 9.59 Å². The zero-order chi connectivity index (χ0) is 23.7. The van der Waals surface area contributed by atoms with Gasteiger partial charge in [0.25, 0.3) is 11.8 Å². The molecule has 2 atom stereocenters. The molecule has 2 amide bonds. The lowest BCUT2D eigenvalue weighted by Gasteiger charge is -2.37. The summed E-state index contributed by atoms with van der Waals surface area (Å²) in [6.07, 6.45) is 0.108. The van der Waals surface area contributed by atoms with Gasteiger partial charge in [0, 0.05) is 40.0 Å². The van der Waals surface area contributed by atoms with Crippen LogP contribution in [-0.4, -0.2) is 84.2 Å². The summed E-state index contributed by atoms with van der Waals surface area (Å²) in [4.78, 5) is 46.8. The summed E-state index contributed by atoms with van der Waals surface area (Å²) in [6, 6.07) is -0.316. The number of carboxylic acids is 1. The first-order chi connectivity index (χ1) is 15.0. The molecular weight excluding hydrogens is 481 g/mol. The molecule has 13 heteroatoms. The monoisotopic (exact) mass is 503 g/mol. The van der Waals surface area contributed by atoms with Crippen molar-refractivity contribution in [2.45, 2.75) is 25.5 Å². The van der Waals surface area contributed by atoms with Crippen molar-refractivity contribution in [3.05, 3.63) is 32.0 Å². The van der Waals surface area contributed by atoms with Crippen LogP contribution in [0, 0.1) is 6.92 Å². The Morgan fingerprint density at radius 1 is 1.31 bits per heavy atom. The Morgan fingerprint density at radius 2 is 2.00 bits per heavy atom. The van der Waals surface area contributed by atoms with Crippen LogP contribution in [0.3, 0.4) is 0 Å². The maximum absolute atomic E-state index is 12.7. The fourth-order valence-electron chi connectivity index (χ4n) is 3.41. The van der Waals surface area contributed by atoms with E-state index in [1.165, 1.54) is 26.1 Å². The van der Waals surface area contributed by atoms with E-state index >= 15 is 0 Å². The van der Waals surface area contributed by atoms with Gasteiger partial charge in [-0.2, -0.15) is 0 Å². The van der Waals surface area contributed by atoms with E-state index in [4.69, 9.17) is 27.9 Å². The van der Waals surface area contributed by atoms with Crippen molar-refractivity contribution in [1.82, 2.24) is 20.2 Å². The molecule has 0 aromatic carbocycles. The van der Waals surface area contributed by atoms with E-state index < -0.39 is 23.9 Å². The number of amides is 2. The molecular formula is C19H23Cl2N5O5S. The highest BCUT2D eigenvalue weighted by atomic mass is 35.5. The molecule has 2 unspecified atom stereocenters. The number of piperidine rings is 1. The smallest absolute Gasteiger partial charge is 0.348 e. The van der Waals surface area contributed by atoms with Gasteiger partial charge in [0.1, 0.15) is 10.6 Å². The van der Waals surface area contributed by atoms with Gasteiger partial charge in [-0.05, 0) is 13.3 Å². The van der Waals surface area contributed by atoms with Crippen LogP contribution in [0.5, 0.6) is 0 Å². The number of carbonyl (C=O) groups is 3. The highest BCUT2D eigenvalue weighted by Crippen LogP contribution is 2.31. The maximum Gasteiger partial charge on any atom is 0.348 e. The summed E-state index contributed by atoms with van der Waals surface area (Å²) in [5, 5.41) is 13.3. The van der Waals surface area contributed by atoms with Gasteiger partial charge in [0.2, 0.25) is 0 Å². The average molecular weight is 504 g/mol. The molecule has 0 radical (unpaired) electrons. The van der Waals surface area contributed by atoms with Crippen LogP contribution in [0.15, 0.2) is 0 Å². The number of H-pyrrole nitrogens is 1. The van der Waals surface area contributed by atoms with E-state index in [1.54, 1.807) is 6.92 Å². The number of hydrogen-bond donors (Lipinski definition) is 3. The van der Waals surface area contributed by atoms with E-state index in [1.807, 2.05) is 4.90 Å². The molecule has 0 saturated carbocycles. The summed E-state index contributed by atoms with van der Waals surface area (Å²) in [6.45, 7) is 2.54. The van der Waals surface area contributed by atoms with Crippen LogP contribution < -0.4 is 10.2 Å². The van der Waals surface area contributed by atoms with Crippen molar-refractivity contribution < 1.29 is 24.2 Å². The zero-order valence-electron chi connectivity index (χ0n) is 17.9. The number of carboxylic acid groups (broad SMARTS) is 1. The minimum atomic E-state index is -1.21. The first-order valence-corrected chi connectivity index (χ1v) is 11.2. The molecule has 3 heterocycles. The second kappa shape index (κ2) is 9.65. The van der Waals surface area contributed by atoms with Crippen LogP contribution in [-0.2, 0) is 4.74 Å². The molecule has 0 bridgehead atoms. The lowest BCUT2D eigenvalue weighted by molar-refractivity contribution is 0.0540. The molecule has 3 N–H and O–H groups in total. The molecule has 2 aromatic rings. The van der Waals surface area contributed by atoms with Crippen molar-refractivity contribution in [3.63, 3.8) is 0 Å². The minimum absolute atomic E-state index is 0.0967. The van der Waals surface area contributed by atoms with E-state index in [0.29, 0.717) is 35.4 Å². The van der Waals surface area contributed by atoms with E-state index in [-0.39, 0.29) is 27.3 Å². The molecule has 1 aliphatic rings. The van der Waals surface area contributed by atoms with Crippen LogP contribution >= 0.6 is 34.5 Å². The van der Waals surface area contributed by atoms with Crippen LogP contribution in [0.4, 0.5) is 5.13 Å². The molecule has 32 heavy (non-hydrogen) atoms. The Hall–Kier alpha value is -2.34. The standard InChI is InChI=1S/C19H23Cl2N5O5S/c1-8-11(20)12(21)13(22-8)16(27)23-9-5-6-26(7-10(9)31-4)19-24-14(17(28)25(2)3)15(32-19)18(29)30/h9-10,22H,5-7H2,1-4H3,(H,23,27)(H,29,30). The summed E-state index contributed by atoms with van der Waals surface area (Å²) in [5.74, 6) is -2.08. The van der Waals surface area contributed by atoms with Crippen molar-refractivity contribution >= 4 is 57.5 Å². The number of hydrogen-bond acceptors (Lipinski definition) is 7. The summed E-state index contributed by atoms with van der Waals surface area (Å²) in [7, 11) is 4.60. The van der Waals surface area contributed by atoms with Crippen LogP contribution in [0.2, 0.25) is 10.0 Å². The molecule has 10 nitrogen and oxygen atoms in total. The Morgan fingerprint density at radius 3 is 2.53 bits per heavy atom. The number of rotatable bonds is 6. The summed E-state index contributed by atoms with van der Waals surface area (Å²) in [5.41, 5.74) is 0.686. The summed E-state index contributed by atoms with van der Waals surface area (Å²) >= 11 is 13.1. The fourth-order valence-corrected chi connectivity index (χ4v) is 4.76. The van der Waals surface area contributed by atoms with Gasteiger partial charge in [-0.15, -0.1) is 0 Å². The van der Waals surface area contributed by atoms with Gasteiger partial charge in [0.05, 0.1) is 22.2 Å². The number of methoxy groups -OCH3 is 1. The topological polar surface area (TPSA) is 128 Å². The molecule has 3 rings (SSSR count). The molecule has 2 aromatic heterocycles. The third-order valence-electron chi connectivity index (χ3n) is 5.15. The molecule has 1 saturated heterocycles. The minimum Gasteiger partial charge on any atom is -0.477 e. The lowest BCUT2D eigenvalue weighted by atomic mass is 10.0. The SMILES string of the molecule is COC1CN(c2nc(C(=O)N(C)C)c(C(=O)O)s2)CCC1NC(=O)c1[nH]c(C)c(Cl)c1Cl. The van der Waals surface area contributed by atoms with Crippen molar-refractivity contribution in [2.75, 3.05) is 39.2 Å². The number of carbonyl (C=O) groups excluding carboxylic acids is 2. The maximum atomic E-state index is 12.7. The van der Waals surface area contributed by atoms with Crippen LogP contribution in [0.25, 0.3) is 0 Å². The zero-order valence-corrected chi connectivity index (χ0v) is 20.2. The Labute approximate surface area is 198 Å². The number of halogens is 2. The normalized spacial score (nSPS) is 18.5. The number of thiazole rings is 1. The lowest BCUT2D eigenvalue weighted by Crippen LogP contribution is -2.55. The Balaban J connectivity index is 1.76. The molecule has 1 aliphatic heterocycles. The molecule has 174 valence electrons. The number of aromatic carboxylic acids is 1. The van der Waals surface area contributed by atoms with Crippen molar-refractivity contribution in [2.24, 2.45) is 0 Å².